The van der Waals surface area contributed by atoms with Gasteiger partial charge in [-0.3, -0.25) is 10.1 Å². The number of fused-ring (bicyclic) bond motifs is 1. The highest BCUT2D eigenvalue weighted by Gasteiger charge is 2.20. The van der Waals surface area contributed by atoms with Crippen molar-refractivity contribution in [2.75, 3.05) is 31.2 Å². The van der Waals surface area contributed by atoms with E-state index in [-0.39, 0.29) is 23.7 Å². The molecule has 0 aliphatic carbocycles. The molecule has 3 rings (SSSR count). The average Bonchev–Trinajstić information content (AvgIpc) is 2.61. The molecule has 1 aliphatic heterocycles. The summed E-state index contributed by atoms with van der Waals surface area (Å²) in [5, 5.41) is 37.9. The van der Waals surface area contributed by atoms with E-state index in [2.05, 4.69) is 10.2 Å². The number of benzene rings is 2. The molecule has 9 heteroatoms. The van der Waals surface area contributed by atoms with E-state index in [1.54, 1.807) is 6.07 Å². The van der Waals surface area contributed by atoms with E-state index in [4.69, 9.17) is 9.84 Å². The Kier molecular flexibility index (Phi) is 4.75. The summed E-state index contributed by atoms with van der Waals surface area (Å²) in [6.07, 6.45) is 0. The average molecular weight is 344 g/mol. The first-order valence-corrected chi connectivity index (χ1v) is 7.60. The summed E-state index contributed by atoms with van der Waals surface area (Å²) >= 11 is 0. The van der Waals surface area contributed by atoms with Crippen molar-refractivity contribution in [3.8, 4) is 11.5 Å². The zero-order chi connectivity index (χ0) is 17.8. The van der Waals surface area contributed by atoms with E-state index >= 15 is 0 Å². The molecule has 0 spiro atoms. The fourth-order valence-electron chi connectivity index (χ4n) is 2.48. The standard InChI is InChI=1S/C16H16N4O5/c21-7-5-19-6-8-25-16-9-13(15(22)10-14(16)19)18-17-11-1-3-12(4-2-11)20(23)24/h1-4,9-10,21-22H,5-8H2/b18-17+. The van der Waals surface area contributed by atoms with E-state index in [0.29, 0.717) is 36.8 Å². The monoisotopic (exact) mass is 344 g/mol. The molecular weight excluding hydrogens is 328 g/mol. The van der Waals surface area contributed by atoms with Gasteiger partial charge in [-0.1, -0.05) is 0 Å². The first-order chi connectivity index (χ1) is 12.1. The van der Waals surface area contributed by atoms with Crippen molar-refractivity contribution in [1.29, 1.82) is 0 Å². The molecule has 2 aromatic rings. The van der Waals surface area contributed by atoms with Gasteiger partial charge in [-0.25, -0.2) is 0 Å². The van der Waals surface area contributed by atoms with Crippen molar-refractivity contribution in [1.82, 2.24) is 0 Å². The van der Waals surface area contributed by atoms with E-state index in [1.807, 2.05) is 4.90 Å². The number of non-ortho nitro benzene ring substituents is 1. The maximum Gasteiger partial charge on any atom is 0.269 e. The molecule has 0 saturated heterocycles. The van der Waals surface area contributed by atoms with E-state index in [1.165, 1.54) is 30.3 Å². The minimum Gasteiger partial charge on any atom is -0.506 e. The summed E-state index contributed by atoms with van der Waals surface area (Å²) in [5.74, 6) is 0.480. The number of phenols is 1. The third kappa shape index (κ3) is 3.66. The Hall–Kier alpha value is -3.20. The van der Waals surface area contributed by atoms with Gasteiger partial charge in [0.05, 0.1) is 29.4 Å². The Balaban J connectivity index is 1.84. The fourth-order valence-corrected chi connectivity index (χ4v) is 2.48. The molecule has 0 radical (unpaired) electrons. The van der Waals surface area contributed by atoms with Gasteiger partial charge in [-0.2, -0.15) is 5.11 Å². The van der Waals surface area contributed by atoms with Crippen LogP contribution in [0.1, 0.15) is 0 Å². The molecule has 0 amide bonds. The Morgan fingerprint density at radius 1 is 1.24 bits per heavy atom. The van der Waals surface area contributed by atoms with Crippen LogP contribution in [0.5, 0.6) is 11.5 Å². The van der Waals surface area contributed by atoms with Crippen LogP contribution in [0, 0.1) is 10.1 Å². The molecule has 2 N–H and O–H groups in total. The smallest absolute Gasteiger partial charge is 0.269 e. The lowest BCUT2D eigenvalue weighted by Crippen LogP contribution is -2.34. The molecule has 25 heavy (non-hydrogen) atoms. The van der Waals surface area contributed by atoms with Crippen LogP contribution >= 0.6 is 0 Å². The van der Waals surface area contributed by atoms with Crippen molar-refractivity contribution in [3.05, 3.63) is 46.5 Å². The third-order valence-electron chi connectivity index (χ3n) is 3.72. The number of β-amino-alcohol motifs (C(OH)–C–C–N with tert-alkyl or cyclic N) is 1. The van der Waals surface area contributed by atoms with Gasteiger partial charge < -0.3 is 19.8 Å². The summed E-state index contributed by atoms with van der Waals surface area (Å²) in [4.78, 5) is 12.0. The van der Waals surface area contributed by atoms with Gasteiger partial charge in [0.25, 0.3) is 5.69 Å². The quantitative estimate of drug-likeness (QED) is 0.489. The Bertz CT molecular complexity index is 807. The van der Waals surface area contributed by atoms with Crippen LogP contribution in [-0.2, 0) is 0 Å². The number of hydrogen-bond donors (Lipinski definition) is 2. The molecule has 0 atom stereocenters. The van der Waals surface area contributed by atoms with Crippen molar-refractivity contribution in [2.24, 2.45) is 10.2 Å². The van der Waals surface area contributed by atoms with Gasteiger partial charge in [-0.05, 0) is 12.1 Å². The van der Waals surface area contributed by atoms with Crippen LogP contribution in [0.3, 0.4) is 0 Å². The van der Waals surface area contributed by atoms with Gasteiger partial charge in [-0.15, -0.1) is 5.11 Å². The largest absolute Gasteiger partial charge is 0.506 e. The van der Waals surface area contributed by atoms with Crippen LogP contribution in [0.25, 0.3) is 0 Å². The van der Waals surface area contributed by atoms with E-state index < -0.39 is 4.92 Å². The maximum atomic E-state index is 10.6. The molecule has 0 unspecified atom stereocenters. The number of hydrogen-bond acceptors (Lipinski definition) is 8. The predicted octanol–water partition coefficient (Wildman–Crippen LogP) is 2.91. The molecular formula is C16H16N4O5. The van der Waals surface area contributed by atoms with E-state index in [9.17, 15) is 15.2 Å². The summed E-state index contributed by atoms with van der Waals surface area (Å²) in [5.41, 5.74) is 1.30. The number of ether oxygens (including phenoxy) is 1. The highest BCUT2D eigenvalue weighted by atomic mass is 16.6. The minimum atomic E-state index is -0.494. The highest BCUT2D eigenvalue weighted by molar-refractivity contribution is 5.70. The summed E-state index contributed by atoms with van der Waals surface area (Å²) in [6.45, 7) is 1.54. The number of aromatic hydroxyl groups is 1. The molecule has 0 fully saturated rings. The number of rotatable bonds is 5. The van der Waals surface area contributed by atoms with Crippen molar-refractivity contribution in [2.45, 2.75) is 0 Å². The van der Waals surface area contributed by atoms with Gasteiger partial charge in [0, 0.05) is 30.8 Å². The summed E-state index contributed by atoms with van der Waals surface area (Å²) in [6, 6.07) is 8.69. The molecule has 9 nitrogen and oxygen atoms in total. The fraction of sp³-hybridized carbons (Fsp3) is 0.250. The van der Waals surface area contributed by atoms with Crippen molar-refractivity contribution >= 4 is 22.7 Å². The highest BCUT2D eigenvalue weighted by Crippen LogP contribution is 2.41. The van der Waals surface area contributed by atoms with Crippen LogP contribution in [0.15, 0.2) is 46.6 Å². The van der Waals surface area contributed by atoms with Gasteiger partial charge in [0.2, 0.25) is 0 Å². The predicted molar refractivity (Wildman–Crippen MR) is 90.2 cm³/mol. The molecule has 1 aliphatic rings. The second-order valence-corrected chi connectivity index (χ2v) is 5.34. The topological polar surface area (TPSA) is 121 Å². The SMILES string of the molecule is O=[N+]([O-])c1ccc(/N=N/c2cc3c(cc2O)N(CCO)CCO3)cc1. The van der Waals surface area contributed by atoms with Crippen molar-refractivity contribution in [3.63, 3.8) is 0 Å². The summed E-state index contributed by atoms with van der Waals surface area (Å²) in [7, 11) is 0. The molecule has 1 heterocycles. The number of aliphatic hydroxyl groups is 1. The lowest BCUT2D eigenvalue weighted by molar-refractivity contribution is -0.384. The number of azo groups is 1. The number of aliphatic hydroxyl groups excluding tert-OH is 1. The minimum absolute atomic E-state index is 0.00179. The van der Waals surface area contributed by atoms with Crippen LogP contribution < -0.4 is 9.64 Å². The first kappa shape index (κ1) is 16.7. The zero-order valence-electron chi connectivity index (χ0n) is 13.2. The number of anilines is 1. The number of nitrogens with zero attached hydrogens (tertiary/aromatic N) is 4. The first-order valence-electron chi connectivity index (χ1n) is 7.60. The lowest BCUT2D eigenvalue weighted by atomic mass is 10.2. The molecule has 0 saturated carbocycles. The lowest BCUT2D eigenvalue weighted by Gasteiger charge is -2.30. The zero-order valence-corrected chi connectivity index (χ0v) is 13.2. The third-order valence-corrected chi connectivity index (χ3v) is 3.72. The van der Waals surface area contributed by atoms with Crippen molar-refractivity contribution < 1.29 is 19.9 Å². The Labute approximate surface area is 143 Å². The number of nitro benzene ring substituents is 1. The van der Waals surface area contributed by atoms with Crippen LogP contribution in [-0.4, -0.2) is 41.4 Å². The second kappa shape index (κ2) is 7.14. The van der Waals surface area contributed by atoms with Gasteiger partial charge in [0.1, 0.15) is 23.8 Å². The van der Waals surface area contributed by atoms with Crippen LogP contribution in [0.2, 0.25) is 0 Å². The normalized spacial score (nSPS) is 13.6. The second-order valence-electron chi connectivity index (χ2n) is 5.34. The van der Waals surface area contributed by atoms with E-state index in [0.717, 1.165) is 0 Å². The van der Waals surface area contributed by atoms with Gasteiger partial charge in [0.15, 0.2) is 0 Å². The van der Waals surface area contributed by atoms with Gasteiger partial charge >= 0.3 is 0 Å². The molecule has 0 bridgehead atoms. The Morgan fingerprint density at radius 3 is 2.68 bits per heavy atom. The summed E-state index contributed by atoms with van der Waals surface area (Å²) < 4.78 is 5.58. The molecule has 0 aromatic heterocycles. The number of nitro groups is 1. The van der Waals surface area contributed by atoms with Crippen LogP contribution in [0.4, 0.5) is 22.7 Å². The molecule has 130 valence electrons. The molecule has 2 aromatic carbocycles. The number of phenolic OH excluding ortho intramolecular Hbond substituents is 1. The maximum absolute atomic E-state index is 10.6. The Morgan fingerprint density at radius 2 is 2.00 bits per heavy atom.